The van der Waals surface area contributed by atoms with Crippen molar-refractivity contribution in [3.63, 3.8) is 0 Å². The van der Waals surface area contributed by atoms with E-state index in [4.69, 9.17) is 21.1 Å². The van der Waals surface area contributed by atoms with Gasteiger partial charge in [-0.2, -0.15) is 0 Å². The van der Waals surface area contributed by atoms with Crippen LogP contribution in [-0.2, 0) is 15.0 Å². The molecule has 37 heavy (non-hydrogen) atoms. The summed E-state index contributed by atoms with van der Waals surface area (Å²) in [5.41, 5.74) is 1.39. The molecular formula is C29H27ClFNO5. The molecule has 6 nitrogen and oxygen atoms in total. The van der Waals surface area contributed by atoms with E-state index in [1.165, 1.54) is 31.3 Å². The van der Waals surface area contributed by atoms with Crippen LogP contribution in [0.1, 0.15) is 43.5 Å². The third-order valence-electron chi connectivity index (χ3n) is 6.38. The molecule has 192 valence electrons. The number of Topliss-reactive ketones (excluding diaryl/α,β-unsaturated/α-hetero) is 1. The molecule has 0 spiro atoms. The summed E-state index contributed by atoms with van der Waals surface area (Å²) in [7, 11) is 2.93. The highest BCUT2D eigenvalue weighted by molar-refractivity contribution is 6.52. The van der Waals surface area contributed by atoms with Crippen LogP contribution in [0.3, 0.4) is 0 Å². The maximum Gasteiger partial charge on any atom is 0.300 e. The molecule has 1 aliphatic rings. The van der Waals surface area contributed by atoms with Crippen LogP contribution < -0.4 is 14.4 Å². The zero-order chi connectivity index (χ0) is 27.1. The molecule has 0 aliphatic carbocycles. The molecular weight excluding hydrogens is 497 g/mol. The molecule has 1 saturated heterocycles. The van der Waals surface area contributed by atoms with Crippen LogP contribution in [0.4, 0.5) is 10.1 Å². The van der Waals surface area contributed by atoms with E-state index < -0.39 is 29.3 Å². The summed E-state index contributed by atoms with van der Waals surface area (Å²) in [5.74, 6) is -2.13. The van der Waals surface area contributed by atoms with Crippen LogP contribution in [0.2, 0.25) is 5.02 Å². The van der Waals surface area contributed by atoms with Gasteiger partial charge in [0, 0.05) is 11.3 Å². The zero-order valence-electron chi connectivity index (χ0n) is 21.1. The summed E-state index contributed by atoms with van der Waals surface area (Å²) in [6, 6.07) is 14.9. The van der Waals surface area contributed by atoms with Gasteiger partial charge in [-0.3, -0.25) is 14.5 Å². The van der Waals surface area contributed by atoms with Crippen molar-refractivity contribution in [2.45, 2.75) is 32.2 Å². The molecule has 8 heteroatoms. The molecule has 0 radical (unpaired) electrons. The maximum atomic E-state index is 14.0. The third-order valence-corrected chi connectivity index (χ3v) is 6.67. The summed E-state index contributed by atoms with van der Waals surface area (Å²) in [6.07, 6.45) is 0. The second-order valence-electron chi connectivity index (χ2n) is 9.67. The SMILES string of the molecule is COc1ccc(C(C)(C)C)cc1/C(O)=C1\C(=O)C(=O)N(c2ccc(F)c(Cl)c2)C1c1ccccc1OC. The zero-order valence-corrected chi connectivity index (χ0v) is 21.9. The lowest BCUT2D eigenvalue weighted by molar-refractivity contribution is -0.132. The van der Waals surface area contributed by atoms with Gasteiger partial charge in [0.25, 0.3) is 11.7 Å². The smallest absolute Gasteiger partial charge is 0.300 e. The van der Waals surface area contributed by atoms with Gasteiger partial charge in [-0.25, -0.2) is 4.39 Å². The van der Waals surface area contributed by atoms with Crippen LogP contribution in [-0.4, -0.2) is 31.0 Å². The highest BCUT2D eigenvalue weighted by atomic mass is 35.5. The molecule has 1 N–H and O–H groups in total. The number of ether oxygens (including phenoxy) is 2. The maximum absolute atomic E-state index is 14.0. The van der Waals surface area contributed by atoms with Crippen molar-refractivity contribution in [2.24, 2.45) is 0 Å². The highest BCUT2D eigenvalue weighted by Crippen LogP contribution is 2.46. The second kappa shape index (κ2) is 9.90. The summed E-state index contributed by atoms with van der Waals surface area (Å²) in [6.45, 7) is 6.06. The molecule has 4 rings (SSSR count). The van der Waals surface area contributed by atoms with E-state index in [1.807, 2.05) is 26.8 Å². The summed E-state index contributed by atoms with van der Waals surface area (Å²) >= 11 is 6.02. The number of aliphatic hydroxyl groups excluding tert-OH is 1. The van der Waals surface area contributed by atoms with Crippen LogP contribution >= 0.6 is 11.6 Å². The minimum atomic E-state index is -1.08. The fourth-order valence-electron chi connectivity index (χ4n) is 4.42. The van der Waals surface area contributed by atoms with E-state index in [1.54, 1.807) is 36.4 Å². The number of para-hydroxylation sites is 1. The predicted octanol–water partition coefficient (Wildman–Crippen LogP) is 6.42. The van der Waals surface area contributed by atoms with Crippen molar-refractivity contribution in [3.8, 4) is 11.5 Å². The largest absolute Gasteiger partial charge is 0.507 e. The van der Waals surface area contributed by atoms with Crippen molar-refractivity contribution in [3.05, 3.63) is 93.8 Å². The van der Waals surface area contributed by atoms with Crippen molar-refractivity contribution in [1.29, 1.82) is 0 Å². The van der Waals surface area contributed by atoms with Crippen LogP contribution in [0.25, 0.3) is 5.76 Å². The lowest BCUT2D eigenvalue weighted by Crippen LogP contribution is -2.29. The number of halogens is 2. The van der Waals surface area contributed by atoms with Gasteiger partial charge < -0.3 is 14.6 Å². The van der Waals surface area contributed by atoms with E-state index in [0.717, 1.165) is 11.6 Å². The Morgan fingerprint density at radius 3 is 2.27 bits per heavy atom. The standard InChI is InChI=1S/C29H27ClFNO5/c1-29(2,3)16-10-13-23(37-5)19(14-16)26(33)24-25(18-8-6-7-9-22(18)36-4)32(28(35)27(24)34)17-11-12-21(31)20(30)15-17/h6-15,25,33H,1-5H3/b26-24+. The molecule has 1 aliphatic heterocycles. The minimum Gasteiger partial charge on any atom is -0.507 e. The second-order valence-corrected chi connectivity index (χ2v) is 10.1. The lowest BCUT2D eigenvalue weighted by Gasteiger charge is -2.27. The topological polar surface area (TPSA) is 76.1 Å². The Bertz CT molecular complexity index is 1430. The van der Waals surface area contributed by atoms with Gasteiger partial charge in [0.2, 0.25) is 0 Å². The lowest BCUT2D eigenvalue weighted by atomic mass is 9.85. The average molecular weight is 524 g/mol. The Kier molecular flexibility index (Phi) is 7.02. The van der Waals surface area contributed by atoms with Gasteiger partial charge in [-0.1, -0.05) is 56.6 Å². The van der Waals surface area contributed by atoms with Crippen molar-refractivity contribution >= 4 is 34.7 Å². The van der Waals surface area contributed by atoms with Crippen molar-refractivity contribution in [2.75, 3.05) is 19.1 Å². The number of ketones is 1. The normalized spacial score (nSPS) is 17.3. The van der Waals surface area contributed by atoms with E-state index in [2.05, 4.69) is 0 Å². The van der Waals surface area contributed by atoms with Crippen LogP contribution in [0.15, 0.2) is 66.2 Å². The molecule has 3 aromatic rings. The first-order chi connectivity index (χ1) is 17.5. The number of rotatable bonds is 5. The number of nitrogens with zero attached hydrogens (tertiary/aromatic N) is 1. The number of methoxy groups -OCH3 is 2. The number of carbonyl (C=O) groups is 2. The third kappa shape index (κ3) is 4.67. The molecule has 1 amide bonds. The molecule has 1 heterocycles. The number of hydrogen-bond donors (Lipinski definition) is 1. The van der Waals surface area contributed by atoms with Crippen LogP contribution in [0.5, 0.6) is 11.5 Å². The monoisotopic (exact) mass is 523 g/mol. The van der Waals surface area contributed by atoms with Crippen LogP contribution in [0, 0.1) is 5.82 Å². The summed E-state index contributed by atoms with van der Waals surface area (Å²) in [4.78, 5) is 28.1. The first-order valence-electron chi connectivity index (χ1n) is 11.6. The average Bonchev–Trinajstić information content (AvgIpc) is 3.14. The number of hydrogen-bond acceptors (Lipinski definition) is 5. The van der Waals surface area contributed by atoms with Gasteiger partial charge in [-0.05, 0) is 47.4 Å². The van der Waals surface area contributed by atoms with Gasteiger partial charge in [-0.15, -0.1) is 0 Å². The Morgan fingerprint density at radius 1 is 0.973 bits per heavy atom. The molecule has 1 unspecified atom stereocenters. The van der Waals surface area contributed by atoms with E-state index in [9.17, 15) is 19.1 Å². The number of carbonyl (C=O) groups excluding carboxylic acids is 2. The van der Waals surface area contributed by atoms with Gasteiger partial charge >= 0.3 is 0 Å². The van der Waals surface area contributed by atoms with E-state index >= 15 is 0 Å². The molecule has 3 aromatic carbocycles. The van der Waals surface area contributed by atoms with Gasteiger partial charge in [0.05, 0.1) is 36.4 Å². The number of aliphatic hydroxyl groups is 1. The molecule has 0 aromatic heterocycles. The fourth-order valence-corrected chi connectivity index (χ4v) is 4.60. The molecule has 1 fully saturated rings. The Labute approximate surface area is 219 Å². The Morgan fingerprint density at radius 2 is 1.65 bits per heavy atom. The molecule has 0 saturated carbocycles. The van der Waals surface area contributed by atoms with Crippen molar-refractivity contribution < 1.29 is 28.6 Å². The predicted molar refractivity (Wildman–Crippen MR) is 141 cm³/mol. The first-order valence-corrected chi connectivity index (χ1v) is 11.9. The number of anilines is 1. The Balaban J connectivity index is 2.04. The summed E-state index contributed by atoms with van der Waals surface area (Å²) in [5, 5.41) is 11.4. The molecule has 0 bridgehead atoms. The summed E-state index contributed by atoms with van der Waals surface area (Å²) < 4.78 is 25.0. The minimum absolute atomic E-state index is 0.153. The number of amides is 1. The molecule has 1 atom stereocenters. The number of benzene rings is 3. The van der Waals surface area contributed by atoms with E-state index in [0.29, 0.717) is 17.1 Å². The fraction of sp³-hybridized carbons (Fsp3) is 0.241. The van der Waals surface area contributed by atoms with Gasteiger partial charge in [0.1, 0.15) is 23.1 Å². The first kappa shape index (κ1) is 26.2. The quantitative estimate of drug-likeness (QED) is 0.237. The van der Waals surface area contributed by atoms with Crippen molar-refractivity contribution in [1.82, 2.24) is 0 Å². The van der Waals surface area contributed by atoms with Gasteiger partial charge in [0.15, 0.2) is 0 Å². The van der Waals surface area contributed by atoms with E-state index in [-0.39, 0.29) is 27.3 Å². The highest BCUT2D eigenvalue weighted by Gasteiger charge is 2.48. The Hall–Kier alpha value is -3.84.